The van der Waals surface area contributed by atoms with E-state index >= 15 is 0 Å². The van der Waals surface area contributed by atoms with Crippen LogP contribution in [0.1, 0.15) is 25.0 Å². The molecule has 0 atom stereocenters. The third-order valence-electron chi connectivity index (χ3n) is 3.74. The Labute approximate surface area is 172 Å². The molecule has 0 saturated heterocycles. The molecule has 0 aromatic heterocycles. The first-order valence-corrected chi connectivity index (χ1v) is 9.58. The number of esters is 1. The van der Waals surface area contributed by atoms with Gasteiger partial charge in [-0.1, -0.05) is 34.6 Å². The van der Waals surface area contributed by atoms with Gasteiger partial charge in [-0.3, -0.25) is 0 Å². The zero-order chi connectivity index (χ0) is 20.1. The predicted molar refractivity (Wildman–Crippen MR) is 113 cm³/mol. The summed E-state index contributed by atoms with van der Waals surface area (Å²) in [6, 6.07) is 12.9. The fraction of sp³-hybridized carbons (Fsp3) is 0.182. The predicted octanol–water partition coefficient (Wildman–Crippen LogP) is 5.15. The molecule has 1 aliphatic heterocycles. The van der Waals surface area contributed by atoms with Crippen molar-refractivity contribution in [3.63, 3.8) is 0 Å². The molecule has 28 heavy (non-hydrogen) atoms. The smallest absolute Gasteiger partial charge is 0.363 e. The lowest BCUT2D eigenvalue weighted by Crippen LogP contribution is -2.05. The van der Waals surface area contributed by atoms with Gasteiger partial charge in [0.05, 0.1) is 6.61 Å². The molecule has 5 nitrogen and oxygen atoms in total. The average Bonchev–Trinajstić information content (AvgIpc) is 3.02. The summed E-state index contributed by atoms with van der Waals surface area (Å²) in [6.45, 7) is 8.53. The maximum atomic E-state index is 12.2. The van der Waals surface area contributed by atoms with Crippen LogP contribution in [-0.4, -0.2) is 25.1 Å². The van der Waals surface area contributed by atoms with E-state index in [4.69, 9.17) is 14.2 Å². The molecular formula is C22H20BrNO4. The molecule has 0 radical (unpaired) electrons. The largest absolute Gasteiger partial charge is 0.490 e. The lowest BCUT2D eigenvalue weighted by Gasteiger charge is -2.12. The quantitative estimate of drug-likeness (QED) is 0.338. The Kier molecular flexibility index (Phi) is 6.31. The summed E-state index contributed by atoms with van der Waals surface area (Å²) in [4.78, 5) is 16.6. The fourth-order valence-electron chi connectivity index (χ4n) is 2.51. The Morgan fingerprint density at radius 1 is 1.21 bits per heavy atom. The first-order valence-electron chi connectivity index (χ1n) is 8.79. The minimum absolute atomic E-state index is 0.230. The molecule has 0 aliphatic carbocycles. The molecule has 2 aromatic carbocycles. The van der Waals surface area contributed by atoms with Gasteiger partial charge in [0.1, 0.15) is 6.61 Å². The lowest BCUT2D eigenvalue weighted by atomic mass is 10.1. The Balaban J connectivity index is 1.88. The molecule has 0 bridgehead atoms. The zero-order valence-electron chi connectivity index (χ0n) is 15.7. The van der Waals surface area contributed by atoms with Gasteiger partial charge in [-0.05, 0) is 61.4 Å². The van der Waals surface area contributed by atoms with Crippen molar-refractivity contribution in [1.29, 1.82) is 0 Å². The molecule has 1 aliphatic rings. The molecule has 0 saturated carbocycles. The van der Waals surface area contributed by atoms with Gasteiger partial charge in [0.25, 0.3) is 0 Å². The number of rotatable bonds is 7. The topological polar surface area (TPSA) is 57.1 Å². The molecule has 1 heterocycles. The fourth-order valence-corrected chi connectivity index (χ4v) is 2.91. The first-order chi connectivity index (χ1) is 13.5. The molecule has 6 heteroatoms. The molecule has 0 unspecified atom stereocenters. The molecule has 144 valence electrons. The average molecular weight is 442 g/mol. The van der Waals surface area contributed by atoms with Crippen LogP contribution in [0.25, 0.3) is 6.08 Å². The third-order valence-corrected chi connectivity index (χ3v) is 4.23. The number of benzene rings is 2. The van der Waals surface area contributed by atoms with Crippen molar-refractivity contribution in [3.05, 3.63) is 75.9 Å². The van der Waals surface area contributed by atoms with Gasteiger partial charge in [0.15, 0.2) is 17.2 Å². The van der Waals surface area contributed by atoms with Crippen LogP contribution in [-0.2, 0) is 9.53 Å². The zero-order valence-corrected chi connectivity index (χ0v) is 17.3. The monoisotopic (exact) mass is 441 g/mol. The number of carbonyl (C=O) groups excluding carboxylic acids is 1. The number of nitrogens with zero attached hydrogens (tertiary/aromatic N) is 1. The Morgan fingerprint density at radius 3 is 2.75 bits per heavy atom. The van der Waals surface area contributed by atoms with Gasteiger partial charge in [0.2, 0.25) is 5.90 Å². The number of hydrogen-bond acceptors (Lipinski definition) is 5. The second-order valence-corrected chi connectivity index (χ2v) is 7.15. The first kappa shape index (κ1) is 19.9. The summed E-state index contributed by atoms with van der Waals surface area (Å²) in [5, 5.41) is 0. The van der Waals surface area contributed by atoms with Gasteiger partial charge in [-0.2, -0.15) is 0 Å². The second-order valence-electron chi connectivity index (χ2n) is 6.23. The minimum atomic E-state index is -0.490. The highest BCUT2D eigenvalue weighted by Crippen LogP contribution is 2.30. The summed E-state index contributed by atoms with van der Waals surface area (Å²) in [5.41, 5.74) is 2.63. The molecule has 2 aromatic rings. The van der Waals surface area contributed by atoms with Crippen LogP contribution < -0.4 is 9.47 Å². The molecule has 0 N–H and O–H groups in total. The highest BCUT2D eigenvalue weighted by Gasteiger charge is 2.24. The Bertz CT molecular complexity index is 978. The highest BCUT2D eigenvalue weighted by molar-refractivity contribution is 9.10. The van der Waals surface area contributed by atoms with E-state index in [-0.39, 0.29) is 11.6 Å². The van der Waals surface area contributed by atoms with Crippen LogP contribution in [0, 0.1) is 0 Å². The number of hydrogen-bond donors (Lipinski definition) is 0. The molecule has 0 spiro atoms. The number of halogens is 1. The molecule has 0 amide bonds. The van der Waals surface area contributed by atoms with Crippen molar-refractivity contribution in [2.75, 3.05) is 13.2 Å². The van der Waals surface area contributed by atoms with E-state index in [1.165, 1.54) is 0 Å². The van der Waals surface area contributed by atoms with Crippen LogP contribution >= 0.6 is 15.9 Å². The van der Waals surface area contributed by atoms with E-state index in [0.717, 1.165) is 21.2 Å². The van der Waals surface area contributed by atoms with Gasteiger partial charge < -0.3 is 14.2 Å². The maximum absolute atomic E-state index is 12.2. The Hall–Kier alpha value is -2.86. The number of cyclic esters (lactones) is 1. The SMILES string of the molecule is C=C(C)COc1ccc(/C=C2\N=C(c3cccc(Br)c3)OC2=O)cc1OCC. The second kappa shape index (κ2) is 8.89. The summed E-state index contributed by atoms with van der Waals surface area (Å²) >= 11 is 3.40. The van der Waals surface area contributed by atoms with Crippen molar-refractivity contribution >= 4 is 33.9 Å². The number of aliphatic imine (C=N–C) groups is 1. The van der Waals surface area contributed by atoms with Crippen LogP contribution in [0.5, 0.6) is 11.5 Å². The van der Waals surface area contributed by atoms with E-state index in [1.807, 2.05) is 50.2 Å². The van der Waals surface area contributed by atoms with Crippen LogP contribution in [0.2, 0.25) is 0 Å². The van der Waals surface area contributed by atoms with E-state index in [2.05, 4.69) is 27.5 Å². The van der Waals surface area contributed by atoms with Crippen molar-refractivity contribution in [2.24, 2.45) is 4.99 Å². The number of ether oxygens (including phenoxy) is 3. The van der Waals surface area contributed by atoms with Gasteiger partial charge in [0, 0.05) is 10.0 Å². The van der Waals surface area contributed by atoms with Crippen molar-refractivity contribution in [2.45, 2.75) is 13.8 Å². The van der Waals surface area contributed by atoms with Crippen LogP contribution in [0.15, 0.2) is 69.8 Å². The van der Waals surface area contributed by atoms with E-state index in [1.54, 1.807) is 12.1 Å². The normalized spacial score (nSPS) is 14.6. The van der Waals surface area contributed by atoms with Crippen molar-refractivity contribution in [3.8, 4) is 11.5 Å². The summed E-state index contributed by atoms with van der Waals surface area (Å²) in [7, 11) is 0. The summed E-state index contributed by atoms with van der Waals surface area (Å²) < 4.78 is 17.6. The third kappa shape index (κ3) is 4.89. The van der Waals surface area contributed by atoms with E-state index in [0.29, 0.717) is 24.7 Å². The maximum Gasteiger partial charge on any atom is 0.363 e. The van der Waals surface area contributed by atoms with E-state index < -0.39 is 5.97 Å². The summed E-state index contributed by atoms with van der Waals surface area (Å²) in [5.74, 6) is 1.01. The van der Waals surface area contributed by atoms with Gasteiger partial charge >= 0.3 is 5.97 Å². The van der Waals surface area contributed by atoms with Gasteiger partial charge in [-0.15, -0.1) is 0 Å². The van der Waals surface area contributed by atoms with Crippen LogP contribution in [0.3, 0.4) is 0 Å². The lowest BCUT2D eigenvalue weighted by molar-refractivity contribution is -0.129. The van der Waals surface area contributed by atoms with E-state index in [9.17, 15) is 4.79 Å². The standard InChI is InChI=1S/C22H20BrNO4/c1-4-26-20-11-15(8-9-19(20)27-13-14(2)3)10-18-22(25)28-21(24-18)16-6-5-7-17(23)12-16/h5-12H,2,4,13H2,1,3H3/b18-10-. The molecule has 0 fully saturated rings. The van der Waals surface area contributed by atoms with Crippen molar-refractivity contribution in [1.82, 2.24) is 0 Å². The molecule has 3 rings (SSSR count). The van der Waals surface area contributed by atoms with Crippen molar-refractivity contribution < 1.29 is 19.0 Å². The van der Waals surface area contributed by atoms with Gasteiger partial charge in [-0.25, -0.2) is 9.79 Å². The Morgan fingerprint density at radius 2 is 2.04 bits per heavy atom. The summed E-state index contributed by atoms with van der Waals surface area (Å²) in [6.07, 6.45) is 1.67. The molecular weight excluding hydrogens is 422 g/mol. The minimum Gasteiger partial charge on any atom is -0.490 e. The highest BCUT2D eigenvalue weighted by atomic mass is 79.9. The van der Waals surface area contributed by atoms with Crippen LogP contribution in [0.4, 0.5) is 0 Å². The number of carbonyl (C=O) groups is 1.